The van der Waals surface area contributed by atoms with Gasteiger partial charge in [0.2, 0.25) is 0 Å². The van der Waals surface area contributed by atoms with Crippen LogP contribution < -0.4 is 14.8 Å². The summed E-state index contributed by atoms with van der Waals surface area (Å²) in [5.41, 5.74) is -0.0700. The molecule has 0 aliphatic heterocycles. The Bertz CT molecular complexity index is 882. The van der Waals surface area contributed by atoms with Crippen molar-refractivity contribution >= 4 is 23.3 Å². The molecule has 0 fully saturated rings. The maximum absolute atomic E-state index is 12.3. The third-order valence-electron chi connectivity index (χ3n) is 3.71. The number of hydrogen-bond donors (Lipinski definition) is 1. The van der Waals surface area contributed by atoms with E-state index in [4.69, 9.17) is 14.2 Å². The average Bonchev–Trinajstić information content (AvgIpc) is 2.68. The highest BCUT2D eigenvalue weighted by atomic mass is 16.6. The summed E-state index contributed by atoms with van der Waals surface area (Å²) in [6.45, 7) is 3.62. The van der Waals surface area contributed by atoms with Gasteiger partial charge in [0.25, 0.3) is 11.6 Å². The maximum atomic E-state index is 12.3. The first-order chi connectivity index (χ1) is 13.4. The van der Waals surface area contributed by atoms with Crippen LogP contribution >= 0.6 is 0 Å². The topological polar surface area (TPSA) is 117 Å². The van der Waals surface area contributed by atoms with Gasteiger partial charge in [-0.15, -0.1) is 0 Å². The van der Waals surface area contributed by atoms with Crippen LogP contribution in [-0.4, -0.2) is 36.6 Å². The second-order valence-corrected chi connectivity index (χ2v) is 5.61. The highest BCUT2D eigenvalue weighted by Gasteiger charge is 2.23. The summed E-state index contributed by atoms with van der Waals surface area (Å²) in [5.74, 6) is -0.607. The molecule has 0 spiro atoms. The number of para-hydroxylation sites is 2. The van der Waals surface area contributed by atoms with Crippen molar-refractivity contribution < 1.29 is 28.7 Å². The molecule has 0 saturated carbocycles. The number of hydrogen-bond acceptors (Lipinski definition) is 7. The van der Waals surface area contributed by atoms with Gasteiger partial charge in [0.15, 0.2) is 17.6 Å². The number of nitro benzene ring substituents is 1. The Labute approximate surface area is 161 Å². The Morgan fingerprint density at radius 3 is 2.54 bits per heavy atom. The Kier molecular flexibility index (Phi) is 6.91. The van der Waals surface area contributed by atoms with Gasteiger partial charge in [-0.2, -0.15) is 0 Å². The summed E-state index contributed by atoms with van der Waals surface area (Å²) in [5, 5.41) is 13.4. The summed E-state index contributed by atoms with van der Waals surface area (Å²) in [6.07, 6.45) is -1.18. The van der Waals surface area contributed by atoms with Crippen molar-refractivity contribution in [1.29, 1.82) is 0 Å². The lowest BCUT2D eigenvalue weighted by molar-refractivity contribution is -0.383. The SMILES string of the molecule is CCOc1ccc(C(=O)O[C@H](C)C(=O)Nc2ccccc2[N+](=O)[O-])cc1OC. The lowest BCUT2D eigenvalue weighted by Gasteiger charge is -2.15. The lowest BCUT2D eigenvalue weighted by atomic mass is 10.2. The van der Waals surface area contributed by atoms with Crippen molar-refractivity contribution in [1.82, 2.24) is 0 Å². The van der Waals surface area contributed by atoms with Crippen molar-refractivity contribution in [3.8, 4) is 11.5 Å². The van der Waals surface area contributed by atoms with Crippen LogP contribution in [0, 0.1) is 10.1 Å². The van der Waals surface area contributed by atoms with Gasteiger partial charge in [-0.1, -0.05) is 12.1 Å². The molecule has 0 heterocycles. The number of nitrogens with zero attached hydrogens (tertiary/aromatic N) is 1. The third-order valence-corrected chi connectivity index (χ3v) is 3.71. The standard InChI is InChI=1S/C19H20N2O7/c1-4-27-16-10-9-13(11-17(16)26-3)19(23)28-12(2)18(22)20-14-7-5-6-8-15(14)21(24)25/h5-12H,4H2,1-3H3,(H,20,22)/t12-/m1/s1. The molecular weight excluding hydrogens is 368 g/mol. The summed E-state index contributed by atoms with van der Waals surface area (Å²) in [7, 11) is 1.44. The van der Waals surface area contributed by atoms with Crippen LogP contribution in [0.15, 0.2) is 42.5 Å². The molecule has 1 amide bonds. The van der Waals surface area contributed by atoms with E-state index in [0.717, 1.165) is 0 Å². The molecular formula is C19H20N2O7. The first-order valence-electron chi connectivity index (χ1n) is 8.43. The Balaban J connectivity index is 2.08. The van der Waals surface area contributed by atoms with Gasteiger partial charge < -0.3 is 19.5 Å². The zero-order valence-corrected chi connectivity index (χ0v) is 15.6. The molecule has 2 rings (SSSR count). The second kappa shape index (κ2) is 9.36. The summed E-state index contributed by atoms with van der Waals surface area (Å²) < 4.78 is 15.7. The van der Waals surface area contributed by atoms with Crippen LogP contribution in [0.3, 0.4) is 0 Å². The van der Waals surface area contributed by atoms with E-state index >= 15 is 0 Å². The zero-order valence-electron chi connectivity index (χ0n) is 15.6. The summed E-state index contributed by atoms with van der Waals surface area (Å²) >= 11 is 0. The smallest absolute Gasteiger partial charge is 0.339 e. The minimum atomic E-state index is -1.18. The van der Waals surface area contributed by atoms with Crippen LogP contribution in [0.2, 0.25) is 0 Å². The van der Waals surface area contributed by atoms with Crippen molar-refractivity contribution in [2.75, 3.05) is 19.0 Å². The number of amides is 1. The molecule has 0 saturated heterocycles. The normalized spacial score (nSPS) is 11.2. The highest BCUT2D eigenvalue weighted by Crippen LogP contribution is 2.28. The zero-order chi connectivity index (χ0) is 20.7. The fourth-order valence-electron chi connectivity index (χ4n) is 2.32. The number of nitro groups is 1. The fourth-order valence-corrected chi connectivity index (χ4v) is 2.32. The van der Waals surface area contributed by atoms with Crippen LogP contribution in [0.5, 0.6) is 11.5 Å². The highest BCUT2D eigenvalue weighted by molar-refractivity contribution is 5.98. The number of carbonyl (C=O) groups is 2. The molecule has 1 N–H and O–H groups in total. The number of nitrogens with one attached hydrogen (secondary N) is 1. The van der Waals surface area contributed by atoms with Crippen molar-refractivity contribution in [2.45, 2.75) is 20.0 Å². The lowest BCUT2D eigenvalue weighted by Crippen LogP contribution is -2.30. The second-order valence-electron chi connectivity index (χ2n) is 5.61. The largest absolute Gasteiger partial charge is 0.493 e. The molecule has 0 bridgehead atoms. The summed E-state index contributed by atoms with van der Waals surface area (Å²) in [6, 6.07) is 10.2. The molecule has 28 heavy (non-hydrogen) atoms. The van der Waals surface area contributed by atoms with Gasteiger partial charge in [0.05, 0.1) is 24.2 Å². The molecule has 148 valence electrons. The van der Waals surface area contributed by atoms with Crippen LogP contribution in [0.1, 0.15) is 24.2 Å². The first kappa shape index (κ1) is 20.7. The molecule has 0 unspecified atom stereocenters. The number of carbonyl (C=O) groups excluding carboxylic acids is 2. The molecule has 0 aliphatic carbocycles. The number of ether oxygens (including phenoxy) is 3. The van der Waals surface area contributed by atoms with Gasteiger partial charge in [-0.25, -0.2) is 4.79 Å². The molecule has 0 radical (unpaired) electrons. The van der Waals surface area contributed by atoms with E-state index < -0.39 is 22.9 Å². The number of benzene rings is 2. The van der Waals surface area contributed by atoms with Crippen molar-refractivity contribution in [2.24, 2.45) is 0 Å². The fraction of sp³-hybridized carbons (Fsp3) is 0.263. The van der Waals surface area contributed by atoms with Gasteiger partial charge in [0, 0.05) is 6.07 Å². The number of anilines is 1. The molecule has 0 aliphatic rings. The average molecular weight is 388 g/mol. The predicted molar refractivity (Wildman–Crippen MR) is 101 cm³/mol. The van der Waals surface area contributed by atoms with E-state index in [-0.39, 0.29) is 16.9 Å². The van der Waals surface area contributed by atoms with Gasteiger partial charge >= 0.3 is 5.97 Å². The van der Waals surface area contributed by atoms with E-state index in [9.17, 15) is 19.7 Å². The maximum Gasteiger partial charge on any atom is 0.339 e. The number of methoxy groups -OCH3 is 1. The predicted octanol–water partition coefficient (Wildman–Crippen LogP) is 3.19. The van der Waals surface area contributed by atoms with Crippen LogP contribution in [-0.2, 0) is 9.53 Å². The van der Waals surface area contributed by atoms with E-state index in [0.29, 0.717) is 18.1 Å². The molecule has 2 aromatic carbocycles. The van der Waals surface area contributed by atoms with Crippen LogP contribution in [0.4, 0.5) is 11.4 Å². The monoisotopic (exact) mass is 388 g/mol. The van der Waals surface area contributed by atoms with Gasteiger partial charge in [0.1, 0.15) is 5.69 Å². The third kappa shape index (κ3) is 4.97. The Morgan fingerprint density at radius 2 is 1.89 bits per heavy atom. The Hall–Kier alpha value is -3.62. The minimum Gasteiger partial charge on any atom is -0.493 e. The first-order valence-corrected chi connectivity index (χ1v) is 8.43. The Morgan fingerprint density at radius 1 is 1.18 bits per heavy atom. The minimum absolute atomic E-state index is 0.0168. The molecule has 2 aromatic rings. The molecule has 9 heteroatoms. The van der Waals surface area contributed by atoms with Crippen molar-refractivity contribution in [3.63, 3.8) is 0 Å². The van der Waals surface area contributed by atoms with Gasteiger partial charge in [-0.05, 0) is 38.1 Å². The van der Waals surface area contributed by atoms with Crippen LogP contribution in [0.25, 0.3) is 0 Å². The number of rotatable bonds is 8. The van der Waals surface area contributed by atoms with E-state index in [1.54, 1.807) is 12.1 Å². The van der Waals surface area contributed by atoms with E-state index in [2.05, 4.69) is 5.32 Å². The molecule has 0 aromatic heterocycles. The quantitative estimate of drug-likeness (QED) is 0.419. The summed E-state index contributed by atoms with van der Waals surface area (Å²) in [4.78, 5) is 35.0. The van der Waals surface area contributed by atoms with E-state index in [1.807, 2.05) is 6.92 Å². The molecule has 1 atom stereocenters. The van der Waals surface area contributed by atoms with E-state index in [1.165, 1.54) is 44.4 Å². The van der Waals surface area contributed by atoms with Gasteiger partial charge in [-0.3, -0.25) is 14.9 Å². The number of esters is 1. The van der Waals surface area contributed by atoms with Crippen molar-refractivity contribution in [3.05, 3.63) is 58.1 Å². The molecule has 9 nitrogen and oxygen atoms in total.